The molecule has 1 aromatic carbocycles. The summed E-state index contributed by atoms with van der Waals surface area (Å²) in [7, 11) is 3.17. The SMILES string of the molecule is COC(=O)C1(Nc2cccc(C)c2)CCC(OC)CC1. The molecule has 1 aromatic rings. The van der Waals surface area contributed by atoms with Gasteiger partial charge in [-0.2, -0.15) is 0 Å². The third-order valence-corrected chi connectivity index (χ3v) is 4.10. The zero-order valence-electron chi connectivity index (χ0n) is 12.4. The number of methoxy groups -OCH3 is 2. The van der Waals surface area contributed by atoms with Crippen molar-refractivity contribution in [3.8, 4) is 0 Å². The molecule has 0 heterocycles. The van der Waals surface area contributed by atoms with Crippen LogP contribution in [0.2, 0.25) is 0 Å². The van der Waals surface area contributed by atoms with Crippen molar-refractivity contribution in [2.24, 2.45) is 0 Å². The molecule has 20 heavy (non-hydrogen) atoms. The first-order valence-electron chi connectivity index (χ1n) is 7.06. The number of rotatable bonds is 4. The summed E-state index contributed by atoms with van der Waals surface area (Å²) in [6.45, 7) is 2.04. The summed E-state index contributed by atoms with van der Waals surface area (Å²) < 4.78 is 10.4. The minimum Gasteiger partial charge on any atom is -0.467 e. The lowest BCUT2D eigenvalue weighted by molar-refractivity contribution is -0.148. The van der Waals surface area contributed by atoms with Gasteiger partial charge in [-0.05, 0) is 50.3 Å². The molecule has 0 amide bonds. The second-order valence-corrected chi connectivity index (χ2v) is 5.50. The molecule has 4 heteroatoms. The minimum atomic E-state index is -0.627. The first-order chi connectivity index (χ1) is 9.59. The summed E-state index contributed by atoms with van der Waals surface area (Å²) in [5, 5.41) is 3.40. The maximum atomic E-state index is 12.2. The first kappa shape index (κ1) is 14.9. The molecule has 0 spiro atoms. The number of nitrogens with one attached hydrogen (secondary N) is 1. The van der Waals surface area contributed by atoms with E-state index in [1.165, 1.54) is 12.7 Å². The highest BCUT2D eigenvalue weighted by Crippen LogP contribution is 2.34. The Hall–Kier alpha value is -1.55. The number of ether oxygens (including phenoxy) is 2. The van der Waals surface area contributed by atoms with Crippen LogP contribution in [0.3, 0.4) is 0 Å². The van der Waals surface area contributed by atoms with Crippen LogP contribution in [0.5, 0.6) is 0 Å². The van der Waals surface area contributed by atoms with Crippen LogP contribution in [-0.4, -0.2) is 31.8 Å². The van der Waals surface area contributed by atoms with Crippen LogP contribution >= 0.6 is 0 Å². The van der Waals surface area contributed by atoms with Crippen LogP contribution in [0, 0.1) is 6.92 Å². The van der Waals surface area contributed by atoms with Crippen molar-refractivity contribution in [3.63, 3.8) is 0 Å². The van der Waals surface area contributed by atoms with E-state index in [-0.39, 0.29) is 12.1 Å². The largest absolute Gasteiger partial charge is 0.467 e. The highest BCUT2D eigenvalue weighted by molar-refractivity contribution is 5.84. The third-order valence-electron chi connectivity index (χ3n) is 4.10. The fraction of sp³-hybridized carbons (Fsp3) is 0.562. The average molecular weight is 277 g/mol. The second kappa shape index (κ2) is 6.27. The fourth-order valence-corrected chi connectivity index (χ4v) is 2.89. The predicted molar refractivity (Wildman–Crippen MR) is 78.8 cm³/mol. The van der Waals surface area contributed by atoms with Crippen molar-refractivity contribution in [3.05, 3.63) is 29.8 Å². The molecule has 2 rings (SSSR count). The number of esters is 1. The Morgan fingerprint density at radius 3 is 2.55 bits per heavy atom. The molecule has 1 fully saturated rings. The Bertz CT molecular complexity index is 465. The second-order valence-electron chi connectivity index (χ2n) is 5.50. The standard InChI is InChI=1S/C16H23NO3/c1-12-5-4-6-13(11-12)17-16(15(18)20-3)9-7-14(19-2)8-10-16/h4-6,11,14,17H,7-10H2,1-3H3. The van der Waals surface area contributed by atoms with E-state index in [2.05, 4.69) is 5.32 Å². The lowest BCUT2D eigenvalue weighted by atomic mass is 9.80. The summed E-state index contributed by atoms with van der Waals surface area (Å²) in [6.07, 6.45) is 3.43. The number of hydrogen-bond donors (Lipinski definition) is 1. The summed E-state index contributed by atoms with van der Waals surface area (Å²) in [5.41, 5.74) is 1.50. The summed E-state index contributed by atoms with van der Waals surface area (Å²) in [5.74, 6) is -0.187. The smallest absolute Gasteiger partial charge is 0.331 e. The number of aryl methyl sites for hydroxylation is 1. The quantitative estimate of drug-likeness (QED) is 0.860. The van der Waals surface area contributed by atoms with Gasteiger partial charge >= 0.3 is 5.97 Å². The first-order valence-corrected chi connectivity index (χ1v) is 7.06. The average Bonchev–Trinajstić information content (AvgIpc) is 2.47. The van der Waals surface area contributed by atoms with Crippen LogP contribution in [0.4, 0.5) is 5.69 Å². The Labute approximate surface area is 120 Å². The van der Waals surface area contributed by atoms with Crippen molar-refractivity contribution < 1.29 is 14.3 Å². The van der Waals surface area contributed by atoms with Gasteiger partial charge in [-0.1, -0.05) is 12.1 Å². The fourth-order valence-electron chi connectivity index (χ4n) is 2.89. The highest BCUT2D eigenvalue weighted by atomic mass is 16.5. The van der Waals surface area contributed by atoms with Crippen LogP contribution < -0.4 is 5.32 Å². The number of carbonyl (C=O) groups excluding carboxylic acids is 1. The molecule has 0 bridgehead atoms. The number of carbonyl (C=O) groups is 1. The number of benzene rings is 1. The van der Waals surface area contributed by atoms with Crippen LogP contribution in [0.25, 0.3) is 0 Å². The molecule has 0 unspecified atom stereocenters. The van der Waals surface area contributed by atoms with E-state index in [0.717, 1.165) is 31.4 Å². The Morgan fingerprint density at radius 1 is 1.30 bits per heavy atom. The molecular formula is C16H23NO3. The van der Waals surface area contributed by atoms with E-state index in [4.69, 9.17) is 9.47 Å². The van der Waals surface area contributed by atoms with E-state index in [1.807, 2.05) is 31.2 Å². The summed E-state index contributed by atoms with van der Waals surface area (Å²) >= 11 is 0. The van der Waals surface area contributed by atoms with Crippen molar-refractivity contribution in [2.45, 2.75) is 44.2 Å². The molecule has 0 saturated heterocycles. The Kier molecular flexibility index (Phi) is 4.65. The van der Waals surface area contributed by atoms with Gasteiger partial charge in [0.25, 0.3) is 0 Å². The van der Waals surface area contributed by atoms with Gasteiger partial charge in [0.15, 0.2) is 0 Å². The van der Waals surface area contributed by atoms with Gasteiger partial charge in [0.2, 0.25) is 0 Å². The third kappa shape index (κ3) is 3.12. The molecule has 110 valence electrons. The molecule has 0 aromatic heterocycles. The van der Waals surface area contributed by atoms with Gasteiger partial charge < -0.3 is 14.8 Å². The van der Waals surface area contributed by atoms with Gasteiger partial charge in [-0.15, -0.1) is 0 Å². The van der Waals surface area contributed by atoms with E-state index >= 15 is 0 Å². The monoisotopic (exact) mass is 277 g/mol. The predicted octanol–water partition coefficient (Wildman–Crippen LogP) is 2.91. The van der Waals surface area contributed by atoms with E-state index in [9.17, 15) is 4.79 Å². The molecule has 1 saturated carbocycles. The van der Waals surface area contributed by atoms with Gasteiger partial charge in [0.1, 0.15) is 5.54 Å². The van der Waals surface area contributed by atoms with Crippen molar-refractivity contribution in [1.29, 1.82) is 0 Å². The molecule has 0 aliphatic heterocycles. The van der Waals surface area contributed by atoms with E-state index < -0.39 is 5.54 Å². The number of anilines is 1. The zero-order valence-corrected chi connectivity index (χ0v) is 12.4. The highest BCUT2D eigenvalue weighted by Gasteiger charge is 2.43. The summed E-state index contributed by atoms with van der Waals surface area (Å²) in [6, 6.07) is 8.06. The molecule has 1 aliphatic carbocycles. The molecule has 0 radical (unpaired) electrons. The van der Waals surface area contributed by atoms with Crippen molar-refractivity contribution in [2.75, 3.05) is 19.5 Å². The van der Waals surface area contributed by atoms with Crippen LogP contribution in [-0.2, 0) is 14.3 Å². The maximum Gasteiger partial charge on any atom is 0.331 e. The van der Waals surface area contributed by atoms with Gasteiger partial charge in [0.05, 0.1) is 13.2 Å². The van der Waals surface area contributed by atoms with Crippen LogP contribution in [0.1, 0.15) is 31.2 Å². The van der Waals surface area contributed by atoms with E-state index in [0.29, 0.717) is 0 Å². The lowest BCUT2D eigenvalue weighted by Crippen LogP contribution is -2.50. The zero-order chi connectivity index (χ0) is 14.6. The van der Waals surface area contributed by atoms with Crippen LogP contribution in [0.15, 0.2) is 24.3 Å². The Morgan fingerprint density at radius 2 is 2.00 bits per heavy atom. The lowest BCUT2D eigenvalue weighted by Gasteiger charge is -2.38. The van der Waals surface area contributed by atoms with Crippen molar-refractivity contribution in [1.82, 2.24) is 0 Å². The van der Waals surface area contributed by atoms with Gasteiger partial charge in [-0.25, -0.2) is 4.79 Å². The maximum absolute atomic E-state index is 12.2. The molecular weight excluding hydrogens is 254 g/mol. The van der Waals surface area contributed by atoms with Crippen molar-refractivity contribution >= 4 is 11.7 Å². The normalized spacial score (nSPS) is 26.1. The van der Waals surface area contributed by atoms with Gasteiger partial charge in [0, 0.05) is 12.8 Å². The number of hydrogen-bond acceptors (Lipinski definition) is 4. The molecule has 0 atom stereocenters. The molecule has 1 N–H and O–H groups in total. The minimum absolute atomic E-state index is 0.187. The molecule has 4 nitrogen and oxygen atoms in total. The molecule has 1 aliphatic rings. The summed E-state index contributed by atoms with van der Waals surface area (Å²) in [4.78, 5) is 12.2. The topological polar surface area (TPSA) is 47.6 Å². The van der Waals surface area contributed by atoms with Gasteiger partial charge in [-0.3, -0.25) is 0 Å². The van der Waals surface area contributed by atoms with E-state index in [1.54, 1.807) is 7.11 Å². The Balaban J connectivity index is 2.18.